The van der Waals surface area contributed by atoms with E-state index in [-0.39, 0.29) is 18.1 Å². The number of hydrogen-bond donors (Lipinski definition) is 7. The Morgan fingerprint density at radius 2 is 1.61 bits per heavy atom. The van der Waals surface area contributed by atoms with E-state index in [0.717, 1.165) is 0 Å². The second-order valence-corrected chi connectivity index (χ2v) is 7.62. The predicted octanol–water partition coefficient (Wildman–Crippen LogP) is -1.05. The molecule has 0 aliphatic rings. The van der Waals surface area contributed by atoms with E-state index in [1.54, 1.807) is 13.8 Å². The van der Waals surface area contributed by atoms with Crippen molar-refractivity contribution in [2.75, 3.05) is 6.54 Å². The number of benzene rings is 1. The van der Waals surface area contributed by atoms with Gasteiger partial charge in [0.1, 0.15) is 17.8 Å². The maximum Gasteiger partial charge on any atom is 0.326 e. The van der Waals surface area contributed by atoms with Gasteiger partial charge in [-0.15, -0.1) is 0 Å². The van der Waals surface area contributed by atoms with Crippen LogP contribution in [0.25, 0.3) is 0 Å². The minimum absolute atomic E-state index is 0.0187. The molecular formula is C21H30N4O8. The van der Waals surface area contributed by atoms with Crippen molar-refractivity contribution >= 4 is 29.7 Å². The molecule has 1 aromatic rings. The smallest absolute Gasteiger partial charge is 0.326 e. The first-order valence-electron chi connectivity index (χ1n) is 10.3. The summed E-state index contributed by atoms with van der Waals surface area (Å²) in [6.45, 7) is 2.94. The molecule has 3 amide bonds. The molecule has 182 valence electrons. The molecule has 0 saturated carbocycles. The van der Waals surface area contributed by atoms with Gasteiger partial charge in [-0.3, -0.25) is 19.2 Å². The lowest BCUT2D eigenvalue weighted by molar-refractivity contribution is -0.142. The molecule has 4 unspecified atom stereocenters. The molecular weight excluding hydrogens is 436 g/mol. The quantitative estimate of drug-likeness (QED) is 0.189. The van der Waals surface area contributed by atoms with Crippen LogP contribution in [0, 0.1) is 5.92 Å². The Morgan fingerprint density at radius 3 is 2.12 bits per heavy atom. The Kier molecular flexibility index (Phi) is 10.8. The Morgan fingerprint density at radius 1 is 1.00 bits per heavy atom. The van der Waals surface area contributed by atoms with Crippen molar-refractivity contribution in [3.63, 3.8) is 0 Å². The van der Waals surface area contributed by atoms with E-state index in [9.17, 15) is 34.2 Å². The summed E-state index contributed by atoms with van der Waals surface area (Å²) in [7, 11) is 0. The van der Waals surface area contributed by atoms with Gasteiger partial charge >= 0.3 is 11.9 Å². The average molecular weight is 466 g/mol. The molecule has 33 heavy (non-hydrogen) atoms. The molecule has 4 atom stereocenters. The van der Waals surface area contributed by atoms with Crippen LogP contribution in [0.4, 0.5) is 0 Å². The molecule has 0 fully saturated rings. The average Bonchev–Trinajstić information content (AvgIpc) is 2.75. The van der Waals surface area contributed by atoms with E-state index < -0.39 is 60.8 Å². The van der Waals surface area contributed by atoms with Crippen LogP contribution in [0.3, 0.4) is 0 Å². The molecule has 0 aliphatic heterocycles. The minimum atomic E-state index is -1.33. The molecule has 0 bridgehead atoms. The van der Waals surface area contributed by atoms with Gasteiger partial charge in [-0.25, -0.2) is 4.79 Å². The van der Waals surface area contributed by atoms with Gasteiger partial charge in [0.2, 0.25) is 17.7 Å². The van der Waals surface area contributed by atoms with Gasteiger partial charge in [-0.05, 0) is 23.6 Å². The van der Waals surface area contributed by atoms with Gasteiger partial charge in [0, 0.05) is 6.42 Å². The number of carboxylic acids is 2. The summed E-state index contributed by atoms with van der Waals surface area (Å²) < 4.78 is 0. The third-order valence-corrected chi connectivity index (χ3v) is 4.96. The molecule has 0 heterocycles. The van der Waals surface area contributed by atoms with Crippen molar-refractivity contribution in [1.82, 2.24) is 16.0 Å². The van der Waals surface area contributed by atoms with E-state index in [2.05, 4.69) is 16.0 Å². The van der Waals surface area contributed by atoms with Gasteiger partial charge in [-0.2, -0.15) is 0 Å². The Labute approximate surface area is 190 Å². The van der Waals surface area contributed by atoms with Crippen molar-refractivity contribution in [1.29, 1.82) is 0 Å². The fourth-order valence-corrected chi connectivity index (χ4v) is 2.84. The zero-order valence-corrected chi connectivity index (χ0v) is 18.4. The van der Waals surface area contributed by atoms with Crippen LogP contribution in [-0.4, -0.2) is 69.7 Å². The lowest BCUT2D eigenvalue weighted by atomic mass is 9.97. The second-order valence-electron chi connectivity index (χ2n) is 7.62. The molecule has 12 heteroatoms. The number of carbonyl (C=O) groups excluding carboxylic acids is 3. The lowest BCUT2D eigenvalue weighted by Crippen LogP contribution is -2.56. The molecule has 0 spiro atoms. The Balaban J connectivity index is 2.78. The second kappa shape index (κ2) is 13.0. The highest BCUT2D eigenvalue weighted by molar-refractivity contribution is 5.93. The topological polar surface area (TPSA) is 208 Å². The van der Waals surface area contributed by atoms with Gasteiger partial charge in [-0.1, -0.05) is 32.4 Å². The monoisotopic (exact) mass is 466 g/mol. The first-order valence-corrected chi connectivity index (χ1v) is 10.3. The predicted molar refractivity (Wildman–Crippen MR) is 116 cm³/mol. The Bertz CT molecular complexity index is 858. The number of aromatic hydroxyl groups is 1. The van der Waals surface area contributed by atoms with Crippen LogP contribution < -0.4 is 21.7 Å². The summed E-state index contributed by atoms with van der Waals surface area (Å²) in [5, 5.41) is 34.6. The number of phenols is 1. The first kappa shape index (κ1) is 27.4. The number of carboxylic acid groups (broad SMARTS) is 2. The fourth-order valence-electron chi connectivity index (χ4n) is 2.84. The number of phenolic OH excluding ortho intramolecular Hbond substituents is 1. The normalized spacial score (nSPS) is 14.3. The molecule has 1 aromatic carbocycles. The molecule has 0 aliphatic carbocycles. The summed E-state index contributed by atoms with van der Waals surface area (Å²) >= 11 is 0. The summed E-state index contributed by atoms with van der Waals surface area (Å²) in [5.41, 5.74) is 5.99. The SMILES string of the molecule is CCC(C)C(NC(=O)CNC(=O)C(N)CC(=O)O)C(=O)NC(Cc1ccc(O)cc1)C(=O)O. The van der Waals surface area contributed by atoms with Crippen LogP contribution in [0.1, 0.15) is 32.3 Å². The van der Waals surface area contributed by atoms with Crippen LogP contribution in [0.15, 0.2) is 24.3 Å². The standard InChI is InChI=1S/C21H30N4O8/c1-3-11(2)18(25-16(27)10-23-19(30)14(22)9-17(28)29)20(31)24-15(21(32)33)8-12-4-6-13(26)7-5-12/h4-7,11,14-15,18,26H,3,8-10,22H2,1-2H3,(H,23,30)(H,24,31)(H,25,27)(H,28,29)(H,32,33). The number of nitrogens with two attached hydrogens (primary N) is 1. The molecule has 0 aromatic heterocycles. The van der Waals surface area contributed by atoms with Gasteiger partial charge in [0.25, 0.3) is 0 Å². The van der Waals surface area contributed by atoms with Crippen LogP contribution in [-0.2, 0) is 30.4 Å². The molecule has 1 rings (SSSR count). The lowest BCUT2D eigenvalue weighted by Gasteiger charge is -2.25. The number of hydrogen-bond acceptors (Lipinski definition) is 7. The third-order valence-electron chi connectivity index (χ3n) is 4.96. The van der Waals surface area contributed by atoms with Crippen LogP contribution in [0.5, 0.6) is 5.75 Å². The van der Waals surface area contributed by atoms with E-state index in [1.807, 2.05) is 0 Å². The maximum absolute atomic E-state index is 12.8. The van der Waals surface area contributed by atoms with Crippen LogP contribution in [0.2, 0.25) is 0 Å². The van der Waals surface area contributed by atoms with Gasteiger partial charge in [0.15, 0.2) is 0 Å². The number of rotatable bonds is 13. The number of amides is 3. The largest absolute Gasteiger partial charge is 0.508 e. The van der Waals surface area contributed by atoms with E-state index in [0.29, 0.717) is 12.0 Å². The highest BCUT2D eigenvalue weighted by Crippen LogP contribution is 2.13. The van der Waals surface area contributed by atoms with Crippen molar-refractivity contribution < 1.29 is 39.3 Å². The Hall–Kier alpha value is -3.67. The van der Waals surface area contributed by atoms with E-state index in [1.165, 1.54) is 24.3 Å². The molecule has 0 radical (unpaired) electrons. The zero-order chi connectivity index (χ0) is 25.1. The van der Waals surface area contributed by atoms with Crippen molar-refractivity contribution in [2.24, 2.45) is 11.7 Å². The van der Waals surface area contributed by atoms with Gasteiger partial charge < -0.3 is 37.0 Å². The number of nitrogens with one attached hydrogen (secondary N) is 3. The van der Waals surface area contributed by atoms with E-state index >= 15 is 0 Å². The van der Waals surface area contributed by atoms with Crippen LogP contribution >= 0.6 is 0 Å². The summed E-state index contributed by atoms with van der Waals surface area (Å²) in [5.74, 6) is -5.15. The van der Waals surface area contributed by atoms with E-state index in [4.69, 9.17) is 10.8 Å². The molecule has 8 N–H and O–H groups in total. The summed E-state index contributed by atoms with van der Waals surface area (Å²) in [6.07, 6.45) is -0.160. The number of carbonyl (C=O) groups is 5. The minimum Gasteiger partial charge on any atom is -0.508 e. The molecule has 12 nitrogen and oxygen atoms in total. The fraction of sp³-hybridized carbons (Fsp3) is 0.476. The van der Waals surface area contributed by atoms with Crippen molar-refractivity contribution in [3.8, 4) is 5.75 Å². The van der Waals surface area contributed by atoms with Crippen molar-refractivity contribution in [3.05, 3.63) is 29.8 Å². The van der Waals surface area contributed by atoms with Crippen molar-refractivity contribution in [2.45, 2.75) is 51.2 Å². The highest BCUT2D eigenvalue weighted by atomic mass is 16.4. The number of aliphatic carboxylic acids is 2. The third kappa shape index (κ3) is 9.56. The first-order chi connectivity index (χ1) is 15.4. The maximum atomic E-state index is 12.8. The van der Waals surface area contributed by atoms with Gasteiger partial charge in [0.05, 0.1) is 19.0 Å². The summed E-state index contributed by atoms with van der Waals surface area (Å²) in [4.78, 5) is 59.1. The zero-order valence-electron chi connectivity index (χ0n) is 18.4. The molecule has 0 saturated heterocycles. The highest BCUT2D eigenvalue weighted by Gasteiger charge is 2.30. The summed E-state index contributed by atoms with van der Waals surface area (Å²) in [6, 6.07) is 2.17.